The van der Waals surface area contributed by atoms with Gasteiger partial charge in [-0.25, -0.2) is 4.98 Å². The zero-order chi connectivity index (χ0) is 29.5. The first-order valence-corrected chi connectivity index (χ1v) is 14.5. The number of ketones is 1. The Morgan fingerprint density at radius 1 is 1.07 bits per heavy atom. The number of amides is 1. The van der Waals surface area contributed by atoms with E-state index in [-0.39, 0.29) is 27.6 Å². The van der Waals surface area contributed by atoms with Crippen LogP contribution < -0.4 is 4.90 Å². The summed E-state index contributed by atoms with van der Waals surface area (Å²) in [7, 11) is 0. The van der Waals surface area contributed by atoms with Crippen LogP contribution in [0.1, 0.15) is 34.1 Å². The van der Waals surface area contributed by atoms with Gasteiger partial charge in [0, 0.05) is 24.1 Å². The van der Waals surface area contributed by atoms with Crippen LogP contribution in [0.5, 0.6) is 0 Å². The first kappa shape index (κ1) is 27.3. The number of thioether (sulfide) groups is 1. The highest BCUT2D eigenvalue weighted by Crippen LogP contribution is 2.44. The number of aryl methyl sites for hydroxylation is 2. The molecule has 0 spiro atoms. The third kappa shape index (κ3) is 4.72. The lowest BCUT2D eigenvalue weighted by molar-refractivity contribution is -0.384. The molecule has 1 atom stereocenters. The van der Waals surface area contributed by atoms with Crippen molar-refractivity contribution in [3.05, 3.63) is 117 Å². The average molecular weight is 599 g/mol. The standard InChI is InChI=1S/C29H22N6O5S2/c1-16-8-7-13-33-17(2)22(30-26(16)33)24(36)21-23(19-11-6-12-20(14-19)35(39)40)34(27(38)25(21)37)28-31-32-29(42-28)41-15-18-9-4-3-5-10-18/h3-14,23,36H,15H2,1-2H3/b24-21+. The van der Waals surface area contributed by atoms with E-state index >= 15 is 0 Å². The van der Waals surface area contributed by atoms with Gasteiger partial charge in [0.2, 0.25) is 5.13 Å². The van der Waals surface area contributed by atoms with E-state index < -0.39 is 28.4 Å². The van der Waals surface area contributed by atoms with Gasteiger partial charge in [-0.15, -0.1) is 10.2 Å². The minimum absolute atomic E-state index is 0.130. The zero-order valence-corrected chi connectivity index (χ0v) is 23.9. The second-order valence-electron chi connectivity index (χ2n) is 9.58. The van der Waals surface area contributed by atoms with E-state index in [1.807, 2.05) is 49.4 Å². The maximum Gasteiger partial charge on any atom is 0.301 e. The molecule has 42 heavy (non-hydrogen) atoms. The molecule has 1 saturated heterocycles. The molecular weight excluding hydrogens is 576 g/mol. The van der Waals surface area contributed by atoms with Crippen molar-refractivity contribution in [2.75, 3.05) is 4.90 Å². The third-order valence-electron chi connectivity index (χ3n) is 6.96. The summed E-state index contributed by atoms with van der Waals surface area (Å²) in [6, 6.07) is 17.9. The first-order valence-electron chi connectivity index (χ1n) is 12.7. The van der Waals surface area contributed by atoms with Crippen LogP contribution in [0.4, 0.5) is 10.8 Å². The maximum atomic E-state index is 13.6. The van der Waals surface area contributed by atoms with E-state index in [1.165, 1.54) is 30.0 Å². The van der Waals surface area contributed by atoms with Gasteiger partial charge in [0.05, 0.1) is 22.2 Å². The van der Waals surface area contributed by atoms with Crippen molar-refractivity contribution in [3.8, 4) is 0 Å². The Bertz CT molecular complexity index is 1920. The van der Waals surface area contributed by atoms with Crippen LogP contribution in [0.3, 0.4) is 0 Å². The van der Waals surface area contributed by atoms with E-state index in [9.17, 15) is 24.8 Å². The number of non-ortho nitro benzene ring substituents is 1. The second-order valence-corrected chi connectivity index (χ2v) is 11.8. The van der Waals surface area contributed by atoms with Crippen molar-refractivity contribution >= 4 is 57.0 Å². The first-order chi connectivity index (χ1) is 20.2. The monoisotopic (exact) mass is 598 g/mol. The number of hydrogen-bond donors (Lipinski definition) is 1. The van der Waals surface area contributed by atoms with Crippen molar-refractivity contribution in [2.24, 2.45) is 0 Å². The fourth-order valence-corrected chi connectivity index (χ4v) is 6.73. The lowest BCUT2D eigenvalue weighted by Gasteiger charge is -2.22. The Labute approximate surface area is 247 Å². The van der Waals surface area contributed by atoms with Crippen LogP contribution in [0.2, 0.25) is 0 Å². The van der Waals surface area contributed by atoms with Gasteiger partial charge in [-0.2, -0.15) is 0 Å². The highest BCUT2D eigenvalue weighted by molar-refractivity contribution is 8.00. The van der Waals surface area contributed by atoms with Gasteiger partial charge >= 0.3 is 5.91 Å². The molecule has 1 N–H and O–H groups in total. The number of aliphatic hydroxyl groups excluding tert-OH is 1. The molecule has 5 aromatic rings. The Kier molecular flexibility index (Phi) is 7.04. The molecule has 6 rings (SSSR count). The van der Waals surface area contributed by atoms with Crippen molar-refractivity contribution in [1.29, 1.82) is 0 Å². The average Bonchev–Trinajstić information content (AvgIpc) is 3.67. The van der Waals surface area contributed by atoms with Crippen LogP contribution in [0.25, 0.3) is 11.4 Å². The predicted octanol–water partition coefficient (Wildman–Crippen LogP) is 5.63. The van der Waals surface area contributed by atoms with Gasteiger partial charge in [-0.1, -0.05) is 71.6 Å². The molecule has 0 aliphatic carbocycles. The Morgan fingerprint density at radius 2 is 1.86 bits per heavy atom. The molecule has 1 aliphatic heterocycles. The van der Waals surface area contributed by atoms with Crippen LogP contribution in [-0.4, -0.2) is 41.3 Å². The molecule has 210 valence electrons. The predicted molar refractivity (Wildman–Crippen MR) is 158 cm³/mol. The van der Waals surface area contributed by atoms with Gasteiger partial charge in [0.15, 0.2) is 10.1 Å². The molecular formula is C29H22N6O5S2. The number of pyridine rings is 1. The molecule has 13 heteroatoms. The summed E-state index contributed by atoms with van der Waals surface area (Å²) in [4.78, 5) is 43.9. The second kappa shape index (κ2) is 10.8. The van der Waals surface area contributed by atoms with Gasteiger partial charge in [-0.3, -0.25) is 24.6 Å². The van der Waals surface area contributed by atoms with E-state index in [2.05, 4.69) is 15.2 Å². The molecule has 3 aromatic heterocycles. The number of rotatable bonds is 7. The summed E-state index contributed by atoms with van der Waals surface area (Å²) >= 11 is 2.55. The lowest BCUT2D eigenvalue weighted by atomic mass is 9.96. The Hall–Kier alpha value is -4.88. The molecule has 1 unspecified atom stereocenters. The van der Waals surface area contributed by atoms with E-state index in [1.54, 1.807) is 23.6 Å². The van der Waals surface area contributed by atoms with Crippen molar-refractivity contribution in [1.82, 2.24) is 19.6 Å². The van der Waals surface area contributed by atoms with Crippen LogP contribution >= 0.6 is 23.1 Å². The fourth-order valence-electron chi connectivity index (χ4n) is 4.91. The number of Topliss-reactive ketones (excluding diaryl/α,β-unsaturated/α-hetero) is 1. The molecule has 1 amide bonds. The number of fused-ring (bicyclic) bond motifs is 1. The number of aliphatic hydroxyl groups is 1. The number of nitro groups is 1. The zero-order valence-electron chi connectivity index (χ0n) is 22.3. The van der Waals surface area contributed by atoms with E-state index in [0.29, 0.717) is 21.4 Å². The van der Waals surface area contributed by atoms with Gasteiger partial charge in [-0.05, 0) is 36.6 Å². The topological polar surface area (TPSA) is 144 Å². The van der Waals surface area contributed by atoms with Gasteiger partial charge in [0.25, 0.3) is 11.5 Å². The minimum Gasteiger partial charge on any atom is -0.505 e. The lowest BCUT2D eigenvalue weighted by Crippen LogP contribution is -2.29. The molecule has 1 aliphatic rings. The summed E-state index contributed by atoms with van der Waals surface area (Å²) in [6.45, 7) is 3.62. The number of aromatic nitrogens is 4. The Balaban J connectivity index is 1.48. The highest BCUT2D eigenvalue weighted by atomic mass is 32.2. The highest BCUT2D eigenvalue weighted by Gasteiger charge is 2.49. The maximum absolute atomic E-state index is 13.6. The summed E-state index contributed by atoms with van der Waals surface area (Å²) < 4.78 is 2.35. The smallest absolute Gasteiger partial charge is 0.301 e. The number of nitro benzene ring substituents is 1. The minimum atomic E-state index is -1.20. The van der Waals surface area contributed by atoms with Crippen molar-refractivity contribution in [3.63, 3.8) is 0 Å². The number of nitrogens with zero attached hydrogens (tertiary/aromatic N) is 6. The number of carbonyl (C=O) groups excluding carboxylic acids is 2. The van der Waals surface area contributed by atoms with Crippen LogP contribution in [0.15, 0.2) is 82.8 Å². The number of imidazole rings is 1. The molecule has 4 heterocycles. The quantitative estimate of drug-likeness (QED) is 0.0479. The van der Waals surface area contributed by atoms with E-state index in [4.69, 9.17) is 0 Å². The molecule has 2 aromatic carbocycles. The molecule has 1 fully saturated rings. The van der Waals surface area contributed by atoms with E-state index in [0.717, 1.165) is 27.4 Å². The summed E-state index contributed by atoms with van der Waals surface area (Å²) in [5.41, 5.74) is 3.00. The Morgan fingerprint density at radius 3 is 2.60 bits per heavy atom. The normalized spacial score (nSPS) is 16.4. The van der Waals surface area contributed by atoms with Crippen LogP contribution in [-0.2, 0) is 15.3 Å². The van der Waals surface area contributed by atoms with Crippen molar-refractivity contribution < 1.29 is 19.6 Å². The van der Waals surface area contributed by atoms with Gasteiger partial charge < -0.3 is 9.51 Å². The number of carbonyl (C=O) groups is 2. The summed E-state index contributed by atoms with van der Waals surface area (Å²) in [5.74, 6) is -1.74. The number of anilines is 1. The number of benzene rings is 2. The molecule has 0 radical (unpaired) electrons. The molecule has 11 nitrogen and oxygen atoms in total. The molecule has 0 bridgehead atoms. The SMILES string of the molecule is Cc1cccn2c(C)c(/C(O)=C3\C(=O)C(=O)N(c4nnc(SCc5ccccc5)s4)C3c3cccc([N+](=O)[O-])c3)nc12. The fraction of sp³-hybridized carbons (Fsp3) is 0.138. The summed E-state index contributed by atoms with van der Waals surface area (Å²) in [6.07, 6.45) is 1.79. The third-order valence-corrected chi connectivity index (χ3v) is 9.08. The number of hydrogen-bond acceptors (Lipinski definition) is 10. The van der Waals surface area contributed by atoms with Crippen molar-refractivity contribution in [2.45, 2.75) is 30.0 Å². The van der Waals surface area contributed by atoms with Gasteiger partial charge in [0.1, 0.15) is 11.3 Å². The summed E-state index contributed by atoms with van der Waals surface area (Å²) in [5, 5.41) is 31.8. The largest absolute Gasteiger partial charge is 0.505 e. The van der Waals surface area contributed by atoms with Crippen LogP contribution in [0, 0.1) is 24.0 Å². The molecule has 0 saturated carbocycles.